The van der Waals surface area contributed by atoms with Crippen molar-refractivity contribution in [1.82, 2.24) is 9.71 Å². The van der Waals surface area contributed by atoms with Crippen LogP contribution in [-0.2, 0) is 22.3 Å². The van der Waals surface area contributed by atoms with Crippen LogP contribution < -0.4 is 15.2 Å². The molecular formula is C14H17N3O3S. The van der Waals surface area contributed by atoms with Crippen molar-refractivity contribution in [3.8, 4) is 5.88 Å². The van der Waals surface area contributed by atoms with Crippen LogP contribution in [-0.4, -0.2) is 20.5 Å². The van der Waals surface area contributed by atoms with Crippen molar-refractivity contribution in [3.63, 3.8) is 0 Å². The summed E-state index contributed by atoms with van der Waals surface area (Å²) in [6.07, 6.45) is 1.57. The average Bonchev–Trinajstić information content (AvgIpc) is 2.45. The summed E-state index contributed by atoms with van der Waals surface area (Å²) in [5.74, 6) is 0.336. The maximum atomic E-state index is 12.0. The van der Waals surface area contributed by atoms with Crippen LogP contribution >= 0.6 is 0 Å². The summed E-state index contributed by atoms with van der Waals surface area (Å²) in [7, 11) is -1.93. The summed E-state index contributed by atoms with van der Waals surface area (Å²) in [5.41, 5.74) is 7.61. The molecule has 1 heterocycles. The summed E-state index contributed by atoms with van der Waals surface area (Å²) in [6.45, 7) is 0.184. The SMILES string of the molecule is COc1cc(CNS(=O)(=O)Cc2cccc(N)c2)ccn1. The lowest BCUT2D eigenvalue weighted by Crippen LogP contribution is -2.24. The topological polar surface area (TPSA) is 94.3 Å². The molecule has 0 atom stereocenters. The molecule has 3 N–H and O–H groups in total. The summed E-state index contributed by atoms with van der Waals surface area (Å²) in [6, 6.07) is 10.2. The molecule has 2 rings (SSSR count). The van der Waals surface area contributed by atoms with Crippen LogP contribution in [0.4, 0.5) is 5.69 Å². The Hall–Kier alpha value is -2.12. The maximum Gasteiger partial charge on any atom is 0.216 e. The number of benzene rings is 1. The zero-order valence-electron chi connectivity index (χ0n) is 11.6. The fraction of sp³-hybridized carbons (Fsp3) is 0.214. The maximum absolute atomic E-state index is 12.0. The lowest BCUT2D eigenvalue weighted by molar-refractivity contribution is 0.397. The number of nitrogens with zero attached hydrogens (tertiary/aromatic N) is 1. The van der Waals surface area contributed by atoms with Crippen molar-refractivity contribution in [2.24, 2.45) is 0 Å². The van der Waals surface area contributed by atoms with Gasteiger partial charge in [0.2, 0.25) is 15.9 Å². The molecule has 0 aliphatic rings. The molecule has 0 amide bonds. The van der Waals surface area contributed by atoms with Gasteiger partial charge in [0, 0.05) is 24.5 Å². The van der Waals surface area contributed by atoms with Crippen LogP contribution in [0, 0.1) is 0 Å². The fourth-order valence-corrected chi connectivity index (χ4v) is 2.93. The third-order valence-corrected chi connectivity index (χ3v) is 4.11. The van der Waals surface area contributed by atoms with Gasteiger partial charge in [0.15, 0.2) is 0 Å². The first-order chi connectivity index (χ1) is 9.98. The minimum Gasteiger partial charge on any atom is -0.481 e. The molecular weight excluding hydrogens is 290 g/mol. The highest BCUT2D eigenvalue weighted by Gasteiger charge is 2.11. The average molecular weight is 307 g/mol. The molecule has 0 radical (unpaired) electrons. The van der Waals surface area contributed by atoms with E-state index in [2.05, 4.69) is 9.71 Å². The minimum atomic E-state index is -3.44. The quantitative estimate of drug-likeness (QED) is 0.784. The van der Waals surface area contributed by atoms with Crippen LogP contribution in [0.25, 0.3) is 0 Å². The third kappa shape index (κ3) is 4.73. The normalized spacial score (nSPS) is 11.3. The lowest BCUT2D eigenvalue weighted by Gasteiger charge is -2.08. The van der Waals surface area contributed by atoms with E-state index in [1.165, 1.54) is 7.11 Å². The Morgan fingerprint density at radius 1 is 1.24 bits per heavy atom. The molecule has 0 spiro atoms. The molecule has 1 aromatic carbocycles. The Morgan fingerprint density at radius 2 is 2.05 bits per heavy atom. The molecule has 0 aliphatic heterocycles. The zero-order valence-corrected chi connectivity index (χ0v) is 12.4. The van der Waals surface area contributed by atoms with Gasteiger partial charge >= 0.3 is 0 Å². The van der Waals surface area contributed by atoms with Crippen LogP contribution in [0.3, 0.4) is 0 Å². The number of sulfonamides is 1. The van der Waals surface area contributed by atoms with Gasteiger partial charge in [0.1, 0.15) is 0 Å². The Morgan fingerprint density at radius 3 is 2.76 bits per heavy atom. The van der Waals surface area contributed by atoms with Gasteiger partial charge < -0.3 is 10.5 Å². The number of aromatic nitrogens is 1. The van der Waals surface area contributed by atoms with E-state index in [1.807, 2.05) is 0 Å². The second kappa shape index (κ2) is 6.55. The number of hydrogen-bond donors (Lipinski definition) is 2. The largest absolute Gasteiger partial charge is 0.481 e. The van der Waals surface area contributed by atoms with Crippen molar-refractivity contribution in [2.45, 2.75) is 12.3 Å². The predicted octanol–water partition coefficient (Wildman–Crippen LogP) is 1.29. The number of nitrogen functional groups attached to an aromatic ring is 1. The van der Waals surface area contributed by atoms with E-state index in [0.717, 1.165) is 5.56 Å². The molecule has 112 valence electrons. The van der Waals surface area contributed by atoms with E-state index in [0.29, 0.717) is 17.1 Å². The highest BCUT2D eigenvalue weighted by atomic mass is 32.2. The van der Waals surface area contributed by atoms with Gasteiger partial charge in [-0.15, -0.1) is 0 Å². The first-order valence-electron chi connectivity index (χ1n) is 6.29. The van der Waals surface area contributed by atoms with Crippen LogP contribution in [0.1, 0.15) is 11.1 Å². The number of methoxy groups -OCH3 is 1. The lowest BCUT2D eigenvalue weighted by atomic mass is 10.2. The molecule has 1 aromatic heterocycles. The van der Waals surface area contributed by atoms with Crippen molar-refractivity contribution in [2.75, 3.05) is 12.8 Å². The predicted molar refractivity (Wildman–Crippen MR) is 81.1 cm³/mol. The summed E-state index contributed by atoms with van der Waals surface area (Å²) in [5, 5.41) is 0. The summed E-state index contributed by atoms with van der Waals surface area (Å²) < 4.78 is 31.6. The molecule has 6 nitrogen and oxygen atoms in total. The van der Waals surface area contributed by atoms with E-state index in [1.54, 1.807) is 42.6 Å². The molecule has 0 fully saturated rings. The highest BCUT2D eigenvalue weighted by molar-refractivity contribution is 7.88. The molecule has 0 bridgehead atoms. The highest BCUT2D eigenvalue weighted by Crippen LogP contribution is 2.11. The minimum absolute atomic E-state index is 0.111. The Balaban J connectivity index is 2.01. The summed E-state index contributed by atoms with van der Waals surface area (Å²) >= 11 is 0. The van der Waals surface area contributed by atoms with Gasteiger partial charge in [-0.2, -0.15) is 0 Å². The molecule has 21 heavy (non-hydrogen) atoms. The van der Waals surface area contributed by atoms with Gasteiger partial charge in [-0.3, -0.25) is 0 Å². The van der Waals surface area contributed by atoms with Gasteiger partial charge in [0.05, 0.1) is 12.9 Å². The van der Waals surface area contributed by atoms with Gasteiger partial charge in [-0.05, 0) is 29.3 Å². The molecule has 0 saturated heterocycles. The van der Waals surface area contributed by atoms with Crippen LogP contribution in [0.15, 0.2) is 42.6 Å². The Labute approximate surface area is 124 Å². The molecule has 0 saturated carbocycles. The Kier molecular flexibility index (Phi) is 4.77. The zero-order chi connectivity index (χ0) is 15.3. The van der Waals surface area contributed by atoms with Crippen molar-refractivity contribution >= 4 is 15.7 Å². The van der Waals surface area contributed by atoms with Crippen LogP contribution in [0.5, 0.6) is 5.88 Å². The first kappa shape index (κ1) is 15.3. The standard InChI is InChI=1S/C14H17N3O3S/c1-20-14-8-11(5-6-16-14)9-17-21(18,19)10-12-3-2-4-13(15)7-12/h2-8,17H,9-10,15H2,1H3. The number of hydrogen-bond acceptors (Lipinski definition) is 5. The first-order valence-corrected chi connectivity index (χ1v) is 7.94. The fourth-order valence-electron chi connectivity index (χ4n) is 1.82. The summed E-state index contributed by atoms with van der Waals surface area (Å²) in [4.78, 5) is 3.97. The number of rotatable bonds is 6. The van der Waals surface area contributed by atoms with Crippen molar-refractivity contribution < 1.29 is 13.2 Å². The monoisotopic (exact) mass is 307 g/mol. The van der Waals surface area contributed by atoms with Gasteiger partial charge in [-0.25, -0.2) is 18.1 Å². The smallest absolute Gasteiger partial charge is 0.216 e. The molecule has 2 aromatic rings. The van der Waals surface area contributed by atoms with Crippen LogP contribution in [0.2, 0.25) is 0 Å². The third-order valence-electron chi connectivity index (χ3n) is 2.81. The van der Waals surface area contributed by atoms with Crippen molar-refractivity contribution in [1.29, 1.82) is 0 Å². The molecule has 0 aliphatic carbocycles. The van der Waals surface area contributed by atoms with E-state index >= 15 is 0 Å². The number of nitrogens with one attached hydrogen (secondary N) is 1. The number of pyridine rings is 1. The van der Waals surface area contributed by atoms with E-state index in [4.69, 9.17) is 10.5 Å². The second-order valence-corrected chi connectivity index (χ2v) is 6.34. The van der Waals surface area contributed by atoms with Crippen molar-refractivity contribution in [3.05, 3.63) is 53.7 Å². The molecule has 0 unspecified atom stereocenters. The number of anilines is 1. The number of nitrogens with two attached hydrogens (primary N) is 1. The van der Waals surface area contributed by atoms with E-state index < -0.39 is 10.0 Å². The second-order valence-electron chi connectivity index (χ2n) is 4.53. The molecule has 7 heteroatoms. The number of ether oxygens (including phenoxy) is 1. The van der Waals surface area contributed by atoms with Gasteiger partial charge in [-0.1, -0.05) is 12.1 Å². The van der Waals surface area contributed by atoms with E-state index in [9.17, 15) is 8.42 Å². The van der Waals surface area contributed by atoms with Gasteiger partial charge in [0.25, 0.3) is 0 Å². The Bertz CT molecular complexity index is 717. The van der Waals surface area contributed by atoms with E-state index in [-0.39, 0.29) is 12.3 Å².